The summed E-state index contributed by atoms with van der Waals surface area (Å²) in [4.78, 5) is 27.8. The summed E-state index contributed by atoms with van der Waals surface area (Å²) < 4.78 is 12.9. The number of amides is 1. The Labute approximate surface area is 167 Å². The van der Waals surface area contributed by atoms with Crippen molar-refractivity contribution in [1.29, 1.82) is 0 Å². The topological polar surface area (TPSA) is 98.2 Å². The van der Waals surface area contributed by atoms with Crippen molar-refractivity contribution in [3.05, 3.63) is 50.9 Å². The molecule has 0 saturated carbocycles. The Morgan fingerprint density at radius 1 is 1.28 bits per heavy atom. The number of fused-ring (bicyclic) bond motifs is 2. The number of aromatic amines is 1. The Balaban J connectivity index is 1.44. The fourth-order valence-corrected chi connectivity index (χ4v) is 3.85. The number of nitrogens with one attached hydrogen (secondary N) is 2. The zero-order valence-corrected chi connectivity index (χ0v) is 16.8. The molecule has 0 saturated heterocycles. The SMILES string of the molecule is Cc1nn(C)c2[nH]c(=O)c(CCC(=O)NCc3cccc4c3OCCO4)c(C)c12. The summed E-state index contributed by atoms with van der Waals surface area (Å²) in [5.74, 6) is 1.26. The molecule has 3 heterocycles. The predicted octanol–water partition coefficient (Wildman–Crippen LogP) is 1.90. The molecule has 8 heteroatoms. The van der Waals surface area contributed by atoms with Gasteiger partial charge in [0.05, 0.1) is 5.69 Å². The molecule has 0 spiro atoms. The Morgan fingerprint density at radius 2 is 2.07 bits per heavy atom. The first-order valence-corrected chi connectivity index (χ1v) is 9.65. The average molecular weight is 396 g/mol. The van der Waals surface area contributed by atoms with E-state index in [-0.39, 0.29) is 17.9 Å². The highest BCUT2D eigenvalue weighted by molar-refractivity contribution is 5.83. The van der Waals surface area contributed by atoms with E-state index in [1.165, 1.54) is 0 Å². The molecule has 4 rings (SSSR count). The lowest BCUT2D eigenvalue weighted by Gasteiger charge is -2.21. The van der Waals surface area contributed by atoms with Crippen molar-refractivity contribution >= 4 is 16.9 Å². The second kappa shape index (κ2) is 7.62. The van der Waals surface area contributed by atoms with E-state index >= 15 is 0 Å². The third kappa shape index (κ3) is 3.57. The second-order valence-electron chi connectivity index (χ2n) is 7.21. The van der Waals surface area contributed by atoms with Gasteiger partial charge in [-0.1, -0.05) is 12.1 Å². The first-order valence-electron chi connectivity index (χ1n) is 9.65. The summed E-state index contributed by atoms with van der Waals surface area (Å²) in [7, 11) is 1.80. The van der Waals surface area contributed by atoms with Gasteiger partial charge < -0.3 is 19.8 Å². The van der Waals surface area contributed by atoms with Crippen LogP contribution in [0.1, 0.15) is 28.8 Å². The molecule has 0 fully saturated rings. The molecule has 8 nitrogen and oxygen atoms in total. The van der Waals surface area contributed by atoms with Gasteiger partial charge >= 0.3 is 0 Å². The van der Waals surface area contributed by atoms with Crippen molar-refractivity contribution in [2.24, 2.45) is 7.05 Å². The third-order valence-electron chi connectivity index (χ3n) is 5.28. The smallest absolute Gasteiger partial charge is 0.253 e. The maximum atomic E-state index is 12.5. The van der Waals surface area contributed by atoms with Crippen LogP contribution in [0.4, 0.5) is 0 Å². The number of aryl methyl sites for hydroxylation is 3. The van der Waals surface area contributed by atoms with Gasteiger partial charge in [0.15, 0.2) is 11.5 Å². The Hall–Kier alpha value is -3.29. The van der Waals surface area contributed by atoms with Crippen LogP contribution in [0.15, 0.2) is 23.0 Å². The number of hydrogen-bond acceptors (Lipinski definition) is 5. The van der Waals surface area contributed by atoms with Gasteiger partial charge in [0.1, 0.15) is 18.9 Å². The molecule has 29 heavy (non-hydrogen) atoms. The Bertz CT molecular complexity index is 1150. The normalized spacial score (nSPS) is 12.9. The van der Waals surface area contributed by atoms with E-state index in [1.54, 1.807) is 11.7 Å². The van der Waals surface area contributed by atoms with Crippen molar-refractivity contribution in [3.8, 4) is 11.5 Å². The molecule has 3 aromatic rings. The van der Waals surface area contributed by atoms with E-state index in [2.05, 4.69) is 15.4 Å². The van der Waals surface area contributed by atoms with Crippen LogP contribution in [-0.2, 0) is 24.8 Å². The van der Waals surface area contributed by atoms with Crippen LogP contribution in [0.25, 0.3) is 11.0 Å². The van der Waals surface area contributed by atoms with Crippen molar-refractivity contribution in [2.75, 3.05) is 13.2 Å². The van der Waals surface area contributed by atoms with Crippen molar-refractivity contribution < 1.29 is 14.3 Å². The molecule has 2 N–H and O–H groups in total. The van der Waals surface area contributed by atoms with Crippen molar-refractivity contribution in [1.82, 2.24) is 20.1 Å². The largest absolute Gasteiger partial charge is 0.486 e. The number of nitrogens with zero attached hydrogens (tertiary/aromatic N) is 2. The summed E-state index contributed by atoms with van der Waals surface area (Å²) in [6.45, 7) is 5.19. The van der Waals surface area contributed by atoms with Gasteiger partial charge in [-0.15, -0.1) is 0 Å². The minimum absolute atomic E-state index is 0.124. The predicted molar refractivity (Wildman–Crippen MR) is 108 cm³/mol. The Morgan fingerprint density at radius 3 is 2.90 bits per heavy atom. The summed E-state index contributed by atoms with van der Waals surface area (Å²) in [5.41, 5.74) is 3.76. The third-order valence-corrected chi connectivity index (χ3v) is 5.28. The zero-order chi connectivity index (χ0) is 20.5. The molecule has 0 bridgehead atoms. The number of hydrogen-bond donors (Lipinski definition) is 2. The summed E-state index contributed by atoms with van der Waals surface area (Å²) >= 11 is 0. The maximum Gasteiger partial charge on any atom is 0.253 e. The molecule has 152 valence electrons. The molecule has 1 aliphatic heterocycles. The van der Waals surface area contributed by atoms with Crippen LogP contribution in [0.2, 0.25) is 0 Å². The van der Waals surface area contributed by atoms with Gasteiger partial charge in [-0.2, -0.15) is 5.10 Å². The van der Waals surface area contributed by atoms with E-state index in [4.69, 9.17) is 9.47 Å². The summed E-state index contributed by atoms with van der Waals surface area (Å²) in [6.07, 6.45) is 0.588. The van der Waals surface area contributed by atoms with Gasteiger partial charge in [0, 0.05) is 36.5 Å². The number of carbonyl (C=O) groups is 1. The molecular formula is C21H24N4O4. The van der Waals surface area contributed by atoms with Gasteiger partial charge in [-0.3, -0.25) is 14.3 Å². The van der Waals surface area contributed by atoms with E-state index in [0.29, 0.717) is 48.9 Å². The minimum atomic E-state index is -0.173. The molecule has 1 aromatic carbocycles. The standard InChI is InChI=1S/C21H24N4O4/c1-12-15(21(27)23-20-18(12)13(2)24-25(20)3)7-8-17(26)22-11-14-5-4-6-16-19(14)29-10-9-28-16/h4-6H,7-11H2,1-3H3,(H,22,26)(H,23,27). The molecule has 1 amide bonds. The highest BCUT2D eigenvalue weighted by atomic mass is 16.6. The number of ether oxygens (including phenoxy) is 2. The average Bonchev–Trinajstić information content (AvgIpc) is 2.99. The lowest BCUT2D eigenvalue weighted by molar-refractivity contribution is -0.121. The van der Waals surface area contributed by atoms with E-state index < -0.39 is 0 Å². The number of H-pyrrole nitrogens is 1. The van der Waals surface area contributed by atoms with E-state index in [1.807, 2.05) is 32.0 Å². The fraction of sp³-hybridized carbons (Fsp3) is 0.381. The highest BCUT2D eigenvalue weighted by Crippen LogP contribution is 2.33. The first kappa shape index (κ1) is 19.0. The Kier molecular flexibility index (Phi) is 5.00. The van der Waals surface area contributed by atoms with E-state index in [0.717, 1.165) is 22.2 Å². The molecule has 2 aromatic heterocycles. The molecule has 0 radical (unpaired) electrons. The van der Waals surface area contributed by atoms with Crippen LogP contribution < -0.4 is 20.3 Å². The highest BCUT2D eigenvalue weighted by Gasteiger charge is 2.18. The van der Waals surface area contributed by atoms with Gasteiger partial charge in [-0.05, 0) is 31.9 Å². The molecular weight excluding hydrogens is 372 g/mol. The number of rotatable bonds is 5. The lowest BCUT2D eigenvalue weighted by Crippen LogP contribution is -2.25. The van der Waals surface area contributed by atoms with Gasteiger partial charge in [0.2, 0.25) is 5.91 Å². The number of benzene rings is 1. The monoisotopic (exact) mass is 396 g/mol. The van der Waals surface area contributed by atoms with Crippen LogP contribution in [0.5, 0.6) is 11.5 Å². The van der Waals surface area contributed by atoms with Crippen LogP contribution in [-0.4, -0.2) is 33.9 Å². The molecule has 1 aliphatic rings. The zero-order valence-electron chi connectivity index (χ0n) is 16.8. The summed E-state index contributed by atoms with van der Waals surface area (Å²) in [6, 6.07) is 5.64. The number of pyridine rings is 1. The van der Waals surface area contributed by atoms with Crippen LogP contribution in [0.3, 0.4) is 0 Å². The van der Waals surface area contributed by atoms with Gasteiger partial charge in [-0.25, -0.2) is 0 Å². The van der Waals surface area contributed by atoms with Gasteiger partial charge in [0.25, 0.3) is 5.56 Å². The molecule has 0 atom stereocenters. The van der Waals surface area contributed by atoms with Crippen molar-refractivity contribution in [2.45, 2.75) is 33.2 Å². The maximum absolute atomic E-state index is 12.5. The van der Waals surface area contributed by atoms with E-state index in [9.17, 15) is 9.59 Å². The van der Waals surface area contributed by atoms with Crippen LogP contribution >= 0.6 is 0 Å². The fourth-order valence-electron chi connectivity index (χ4n) is 3.85. The lowest BCUT2D eigenvalue weighted by atomic mass is 10.0. The molecule has 0 aliphatic carbocycles. The minimum Gasteiger partial charge on any atom is -0.486 e. The number of carbonyl (C=O) groups excluding carboxylic acids is 1. The van der Waals surface area contributed by atoms with Crippen LogP contribution in [0, 0.1) is 13.8 Å². The second-order valence-corrected chi connectivity index (χ2v) is 7.21. The number of para-hydroxylation sites is 1. The first-order chi connectivity index (χ1) is 14.0. The summed E-state index contributed by atoms with van der Waals surface area (Å²) in [5, 5.41) is 8.22. The quantitative estimate of drug-likeness (QED) is 0.686. The van der Waals surface area contributed by atoms with Crippen molar-refractivity contribution in [3.63, 3.8) is 0 Å². The number of aromatic nitrogens is 3. The molecule has 0 unspecified atom stereocenters.